The standard InChI is InChI=1S/C30H34ClFN4/c1-4-5-7-20(2)35-14-16-36(17-15-35)21(3)22-9-11-24-27(18-22)34-28-19-23(10-12-25(28)29(24)31)30-26(32)8-6-13-33-30/h6,8-9,11,13,18,23H,2-5,7,10,12,14-17,19H2,1H3. The number of rotatable bonds is 7. The highest BCUT2D eigenvalue weighted by Crippen LogP contribution is 2.38. The predicted molar refractivity (Wildman–Crippen MR) is 147 cm³/mol. The molecule has 4 nitrogen and oxygen atoms in total. The van der Waals surface area contributed by atoms with Crippen LogP contribution in [0.3, 0.4) is 0 Å². The molecule has 2 aliphatic rings. The van der Waals surface area contributed by atoms with Crippen molar-refractivity contribution in [2.45, 2.75) is 51.4 Å². The van der Waals surface area contributed by atoms with Crippen LogP contribution in [0, 0.1) is 5.82 Å². The number of nitrogens with zero attached hydrogens (tertiary/aromatic N) is 4. The molecule has 1 aliphatic carbocycles. The summed E-state index contributed by atoms with van der Waals surface area (Å²) in [5.74, 6) is -0.230. The quantitative estimate of drug-likeness (QED) is 0.347. The van der Waals surface area contributed by atoms with E-state index in [-0.39, 0.29) is 11.7 Å². The molecule has 1 atom stereocenters. The van der Waals surface area contributed by atoms with Gasteiger partial charge in [-0.1, -0.05) is 50.2 Å². The molecule has 0 saturated carbocycles. The summed E-state index contributed by atoms with van der Waals surface area (Å²) in [5, 5.41) is 1.73. The van der Waals surface area contributed by atoms with Gasteiger partial charge in [0.15, 0.2) is 0 Å². The van der Waals surface area contributed by atoms with E-state index in [1.54, 1.807) is 12.3 Å². The van der Waals surface area contributed by atoms with Crippen molar-refractivity contribution in [3.8, 4) is 0 Å². The summed E-state index contributed by atoms with van der Waals surface area (Å²) < 4.78 is 14.4. The van der Waals surface area contributed by atoms with Gasteiger partial charge in [0.25, 0.3) is 0 Å². The first kappa shape index (κ1) is 24.8. The van der Waals surface area contributed by atoms with Gasteiger partial charge in [-0.05, 0) is 61.4 Å². The number of fused-ring (bicyclic) bond motifs is 2. The largest absolute Gasteiger partial charge is 0.372 e. The molecule has 1 unspecified atom stereocenters. The molecule has 6 heteroatoms. The van der Waals surface area contributed by atoms with E-state index < -0.39 is 0 Å². The summed E-state index contributed by atoms with van der Waals surface area (Å²) in [5.41, 5.74) is 6.76. The Kier molecular flexibility index (Phi) is 7.29. The number of benzene rings is 1. The second kappa shape index (κ2) is 10.6. The summed E-state index contributed by atoms with van der Waals surface area (Å²) in [6.45, 7) is 14.7. The van der Waals surface area contributed by atoms with Crippen LogP contribution in [0.4, 0.5) is 4.39 Å². The van der Waals surface area contributed by atoms with Gasteiger partial charge in [0.05, 0.1) is 16.2 Å². The fraction of sp³-hybridized carbons (Fsp3) is 0.400. The van der Waals surface area contributed by atoms with Gasteiger partial charge in [0, 0.05) is 60.8 Å². The minimum absolute atomic E-state index is 0.0150. The molecular formula is C30H34ClFN4. The lowest BCUT2D eigenvalue weighted by Gasteiger charge is -2.39. The van der Waals surface area contributed by atoms with Gasteiger partial charge in [-0.15, -0.1) is 0 Å². The van der Waals surface area contributed by atoms with Crippen molar-refractivity contribution in [2.75, 3.05) is 26.2 Å². The Hall–Kier alpha value is -2.92. The molecule has 1 saturated heterocycles. The molecule has 0 spiro atoms. The van der Waals surface area contributed by atoms with Crippen molar-refractivity contribution in [1.82, 2.24) is 19.8 Å². The minimum atomic E-state index is -0.245. The lowest BCUT2D eigenvalue weighted by atomic mass is 9.84. The van der Waals surface area contributed by atoms with E-state index in [4.69, 9.17) is 16.6 Å². The lowest BCUT2D eigenvalue weighted by molar-refractivity contribution is 0.209. The molecule has 0 amide bonds. The average Bonchev–Trinajstić information content (AvgIpc) is 2.91. The summed E-state index contributed by atoms with van der Waals surface area (Å²) in [7, 11) is 0. The molecule has 1 aliphatic heterocycles. The Morgan fingerprint density at radius 1 is 1.14 bits per heavy atom. The maximum absolute atomic E-state index is 14.4. The van der Waals surface area contributed by atoms with Crippen molar-refractivity contribution in [3.05, 3.63) is 88.7 Å². The number of unbranched alkanes of at least 4 members (excludes halogenated alkanes) is 1. The minimum Gasteiger partial charge on any atom is -0.372 e. The fourth-order valence-electron chi connectivity index (χ4n) is 5.51. The summed E-state index contributed by atoms with van der Waals surface area (Å²) in [4.78, 5) is 14.1. The van der Waals surface area contributed by atoms with E-state index in [1.165, 1.54) is 24.6 Å². The summed E-state index contributed by atoms with van der Waals surface area (Å²) in [6, 6.07) is 9.39. The van der Waals surface area contributed by atoms with Crippen LogP contribution < -0.4 is 0 Å². The average molecular weight is 505 g/mol. The zero-order valence-corrected chi connectivity index (χ0v) is 21.8. The van der Waals surface area contributed by atoms with E-state index >= 15 is 0 Å². The highest BCUT2D eigenvalue weighted by molar-refractivity contribution is 6.36. The highest BCUT2D eigenvalue weighted by Gasteiger charge is 2.27. The second-order valence-corrected chi connectivity index (χ2v) is 10.4. The number of pyridine rings is 2. The second-order valence-electron chi connectivity index (χ2n) is 9.98. The first-order valence-electron chi connectivity index (χ1n) is 13.0. The van der Waals surface area contributed by atoms with Crippen molar-refractivity contribution in [1.29, 1.82) is 0 Å². The maximum Gasteiger partial charge on any atom is 0.144 e. The number of hydrogen-bond acceptors (Lipinski definition) is 4. The Morgan fingerprint density at radius 2 is 1.92 bits per heavy atom. The van der Waals surface area contributed by atoms with E-state index in [0.717, 1.165) is 83.9 Å². The van der Waals surface area contributed by atoms with E-state index in [0.29, 0.717) is 12.1 Å². The summed E-state index contributed by atoms with van der Waals surface area (Å²) in [6.07, 6.45) is 7.37. The Labute approximate surface area is 218 Å². The molecule has 5 rings (SSSR count). The van der Waals surface area contributed by atoms with Crippen LogP contribution in [0.2, 0.25) is 5.02 Å². The monoisotopic (exact) mass is 504 g/mol. The van der Waals surface area contributed by atoms with Crippen molar-refractivity contribution < 1.29 is 4.39 Å². The van der Waals surface area contributed by atoms with Crippen LogP contribution in [-0.4, -0.2) is 45.9 Å². The number of hydrogen-bond donors (Lipinski definition) is 0. The molecule has 0 N–H and O–H groups in total. The SMILES string of the molecule is C=C(CCCC)N1CCN(C(=C)c2ccc3c(Cl)c4c(nc3c2)CC(c2ncccc2F)CC4)CC1. The number of halogens is 2. The molecule has 1 aromatic carbocycles. The van der Waals surface area contributed by atoms with Gasteiger partial charge in [-0.3, -0.25) is 9.97 Å². The Bertz CT molecular complexity index is 1300. The van der Waals surface area contributed by atoms with Gasteiger partial charge in [-0.2, -0.15) is 0 Å². The third kappa shape index (κ3) is 4.86. The number of aromatic nitrogens is 2. The third-order valence-corrected chi connectivity index (χ3v) is 8.15. The van der Waals surface area contributed by atoms with E-state index in [2.05, 4.69) is 53.1 Å². The highest BCUT2D eigenvalue weighted by atomic mass is 35.5. The van der Waals surface area contributed by atoms with Gasteiger partial charge in [0.2, 0.25) is 0 Å². The van der Waals surface area contributed by atoms with E-state index in [9.17, 15) is 4.39 Å². The van der Waals surface area contributed by atoms with Gasteiger partial charge in [-0.25, -0.2) is 4.39 Å². The zero-order chi connectivity index (χ0) is 25.2. The van der Waals surface area contributed by atoms with Gasteiger partial charge in [0.1, 0.15) is 5.82 Å². The van der Waals surface area contributed by atoms with Crippen LogP contribution in [-0.2, 0) is 12.8 Å². The van der Waals surface area contributed by atoms with Crippen LogP contribution in [0.5, 0.6) is 0 Å². The summed E-state index contributed by atoms with van der Waals surface area (Å²) >= 11 is 6.87. The molecule has 3 aromatic rings. The van der Waals surface area contributed by atoms with Gasteiger partial charge >= 0.3 is 0 Å². The third-order valence-electron chi connectivity index (χ3n) is 7.72. The molecule has 36 heavy (non-hydrogen) atoms. The maximum atomic E-state index is 14.4. The lowest BCUT2D eigenvalue weighted by Crippen LogP contribution is -2.44. The van der Waals surface area contributed by atoms with Crippen molar-refractivity contribution in [2.24, 2.45) is 0 Å². The molecule has 2 aromatic heterocycles. The Morgan fingerprint density at radius 3 is 2.67 bits per heavy atom. The molecule has 0 bridgehead atoms. The number of piperazine rings is 1. The first-order valence-corrected chi connectivity index (χ1v) is 13.4. The Balaban J connectivity index is 1.34. The fourth-order valence-corrected chi connectivity index (χ4v) is 5.88. The molecular weight excluding hydrogens is 471 g/mol. The molecule has 3 heterocycles. The van der Waals surface area contributed by atoms with Crippen LogP contribution in [0.15, 0.2) is 55.4 Å². The smallest absolute Gasteiger partial charge is 0.144 e. The van der Waals surface area contributed by atoms with Crippen molar-refractivity contribution >= 4 is 28.2 Å². The molecule has 188 valence electrons. The topological polar surface area (TPSA) is 32.3 Å². The van der Waals surface area contributed by atoms with E-state index in [1.807, 2.05) is 0 Å². The number of allylic oxidation sites excluding steroid dienone is 1. The molecule has 0 radical (unpaired) electrons. The zero-order valence-electron chi connectivity index (χ0n) is 21.1. The normalized spacial score (nSPS) is 17.8. The van der Waals surface area contributed by atoms with Crippen LogP contribution in [0.25, 0.3) is 16.6 Å². The van der Waals surface area contributed by atoms with Gasteiger partial charge < -0.3 is 9.80 Å². The van der Waals surface area contributed by atoms with Crippen molar-refractivity contribution in [3.63, 3.8) is 0 Å². The van der Waals surface area contributed by atoms with Crippen LogP contribution >= 0.6 is 11.6 Å². The molecule has 1 fully saturated rings. The first-order chi connectivity index (χ1) is 17.5. The predicted octanol–water partition coefficient (Wildman–Crippen LogP) is 6.99. The van der Waals surface area contributed by atoms with Crippen LogP contribution in [0.1, 0.15) is 61.0 Å².